The van der Waals surface area contributed by atoms with Gasteiger partial charge in [-0.25, -0.2) is 9.98 Å². The van der Waals surface area contributed by atoms with Crippen LogP contribution in [0.15, 0.2) is 70.7 Å². The van der Waals surface area contributed by atoms with Crippen LogP contribution < -0.4 is 16.4 Å². The van der Waals surface area contributed by atoms with Gasteiger partial charge in [0.15, 0.2) is 0 Å². The van der Waals surface area contributed by atoms with Crippen LogP contribution in [0.1, 0.15) is 28.4 Å². The lowest BCUT2D eigenvalue weighted by molar-refractivity contribution is -0.137. The van der Waals surface area contributed by atoms with Gasteiger partial charge in [0.25, 0.3) is 5.91 Å². The van der Waals surface area contributed by atoms with Crippen molar-refractivity contribution in [2.75, 3.05) is 25.5 Å². The van der Waals surface area contributed by atoms with Gasteiger partial charge in [0, 0.05) is 36.3 Å². The van der Waals surface area contributed by atoms with E-state index in [4.69, 9.17) is 5.73 Å². The molecule has 1 aliphatic rings. The molecule has 3 rings (SSSR count). The number of aliphatic imine (C=N–C) groups is 2. The summed E-state index contributed by atoms with van der Waals surface area (Å²) < 4.78 is 38.7. The molecule has 1 unspecified atom stereocenters. The predicted molar refractivity (Wildman–Crippen MR) is 131 cm³/mol. The van der Waals surface area contributed by atoms with Gasteiger partial charge in [-0.1, -0.05) is 19.1 Å². The second-order valence-electron chi connectivity index (χ2n) is 7.94. The number of nitrogens with two attached hydrogens (primary N) is 1. The molecule has 2 heterocycles. The predicted octanol–water partition coefficient (Wildman–Crippen LogP) is 3.72. The fourth-order valence-corrected chi connectivity index (χ4v) is 3.58. The maximum Gasteiger partial charge on any atom is 0.416 e. The number of hydrogen-bond donors (Lipinski definition) is 3. The molecule has 0 bridgehead atoms. The summed E-state index contributed by atoms with van der Waals surface area (Å²) in [6.45, 7) is 7.23. The molecule has 0 aliphatic carbocycles. The molecule has 0 saturated heterocycles. The number of nitrogens with zero attached hydrogens (tertiary/aromatic N) is 4. The van der Waals surface area contributed by atoms with E-state index in [9.17, 15) is 18.0 Å². The average molecular weight is 486 g/mol. The van der Waals surface area contributed by atoms with Crippen LogP contribution in [0.3, 0.4) is 0 Å². The molecule has 11 heteroatoms. The number of aromatic nitrogens is 1. The minimum atomic E-state index is -4.54. The number of halogens is 3. The standard InChI is InChI=1S/C24H26F3N7O/c1-15(13-29-2)14-34-11-10-32-22(28)21(34)20(30-3)16-4-6-17(7-5-16)23(35)33-19-12-18(8-9-31-19)24(25,26)27/h4-12,15,29H,3,13-14H2,1-2H3,(H2,28,32)(H,31,33,35)/b21-20-. The zero-order chi connectivity index (χ0) is 25.6. The van der Waals surface area contributed by atoms with Gasteiger partial charge in [-0.05, 0) is 50.5 Å². The lowest BCUT2D eigenvalue weighted by Crippen LogP contribution is -2.35. The summed E-state index contributed by atoms with van der Waals surface area (Å²) >= 11 is 0. The quantitative estimate of drug-likeness (QED) is 0.494. The first-order valence-electron chi connectivity index (χ1n) is 10.7. The molecule has 4 N–H and O–H groups in total. The third kappa shape index (κ3) is 6.33. The van der Waals surface area contributed by atoms with Gasteiger partial charge in [-0.15, -0.1) is 0 Å². The maximum absolute atomic E-state index is 12.9. The summed E-state index contributed by atoms with van der Waals surface area (Å²) in [5.74, 6) is -0.224. The van der Waals surface area contributed by atoms with E-state index in [1.807, 2.05) is 18.1 Å². The Morgan fingerprint density at radius 3 is 2.54 bits per heavy atom. The van der Waals surface area contributed by atoms with Crippen molar-refractivity contribution in [2.45, 2.75) is 13.1 Å². The zero-order valence-corrected chi connectivity index (χ0v) is 19.3. The van der Waals surface area contributed by atoms with Crippen molar-refractivity contribution < 1.29 is 18.0 Å². The van der Waals surface area contributed by atoms with Crippen LogP contribution in [0.4, 0.5) is 19.0 Å². The number of benzene rings is 1. The number of rotatable bonds is 8. The molecule has 0 radical (unpaired) electrons. The van der Waals surface area contributed by atoms with Crippen molar-refractivity contribution in [3.05, 3.63) is 77.4 Å². The van der Waals surface area contributed by atoms with Crippen LogP contribution in [0.5, 0.6) is 0 Å². The molecule has 1 aliphatic heterocycles. The lowest BCUT2D eigenvalue weighted by atomic mass is 10.0. The first kappa shape index (κ1) is 25.6. The van der Waals surface area contributed by atoms with Crippen LogP contribution in [0.2, 0.25) is 0 Å². The third-order valence-electron chi connectivity index (χ3n) is 5.18. The molecule has 1 atom stereocenters. The molecular weight excluding hydrogens is 459 g/mol. The van der Waals surface area contributed by atoms with E-state index in [0.717, 1.165) is 24.9 Å². The summed E-state index contributed by atoms with van der Waals surface area (Å²) in [6, 6.07) is 7.99. The highest BCUT2D eigenvalue weighted by molar-refractivity contribution is 6.06. The largest absolute Gasteiger partial charge is 0.416 e. The van der Waals surface area contributed by atoms with Crippen LogP contribution >= 0.6 is 0 Å². The van der Waals surface area contributed by atoms with Crippen LogP contribution in [0.25, 0.3) is 5.70 Å². The van der Waals surface area contributed by atoms with Crippen molar-refractivity contribution in [3.63, 3.8) is 0 Å². The summed E-state index contributed by atoms with van der Waals surface area (Å²) in [5.41, 5.74) is 7.23. The number of carbonyl (C=O) groups excluding carboxylic acids is 1. The third-order valence-corrected chi connectivity index (χ3v) is 5.18. The Hall–Kier alpha value is -3.99. The first-order valence-corrected chi connectivity index (χ1v) is 10.7. The number of alkyl halides is 3. The first-order chi connectivity index (χ1) is 16.6. The number of hydrogen-bond acceptors (Lipinski definition) is 7. The van der Waals surface area contributed by atoms with E-state index in [1.54, 1.807) is 18.3 Å². The molecule has 8 nitrogen and oxygen atoms in total. The second-order valence-corrected chi connectivity index (χ2v) is 7.94. The minimum absolute atomic E-state index is 0.200. The number of carbonyl (C=O) groups is 1. The summed E-state index contributed by atoms with van der Waals surface area (Å²) in [5, 5.41) is 5.52. The highest BCUT2D eigenvalue weighted by Gasteiger charge is 2.31. The van der Waals surface area contributed by atoms with Gasteiger partial charge in [0.05, 0.1) is 11.3 Å². The van der Waals surface area contributed by atoms with Gasteiger partial charge in [-0.2, -0.15) is 13.2 Å². The molecule has 1 amide bonds. The van der Waals surface area contributed by atoms with E-state index in [-0.39, 0.29) is 17.2 Å². The van der Waals surface area contributed by atoms with Gasteiger partial charge in [0.2, 0.25) is 0 Å². The van der Waals surface area contributed by atoms with Gasteiger partial charge in [-0.3, -0.25) is 9.79 Å². The molecule has 0 saturated carbocycles. The van der Waals surface area contributed by atoms with Crippen LogP contribution in [-0.2, 0) is 6.18 Å². The highest BCUT2D eigenvalue weighted by atomic mass is 19.4. The second kappa shape index (κ2) is 11.0. The smallest absolute Gasteiger partial charge is 0.382 e. The number of pyridine rings is 1. The Morgan fingerprint density at radius 2 is 1.91 bits per heavy atom. The fourth-order valence-electron chi connectivity index (χ4n) is 3.58. The van der Waals surface area contributed by atoms with Crippen LogP contribution in [-0.4, -0.2) is 48.5 Å². The van der Waals surface area contributed by atoms with Crippen molar-refractivity contribution >= 4 is 30.0 Å². The van der Waals surface area contributed by atoms with Gasteiger partial charge >= 0.3 is 6.18 Å². The van der Waals surface area contributed by atoms with Crippen molar-refractivity contribution in [3.8, 4) is 0 Å². The molecule has 184 valence electrons. The molecule has 0 spiro atoms. The van der Waals surface area contributed by atoms with Gasteiger partial charge < -0.3 is 21.3 Å². The molecule has 2 aromatic rings. The van der Waals surface area contributed by atoms with Crippen molar-refractivity contribution in [1.29, 1.82) is 0 Å². The average Bonchev–Trinajstić information content (AvgIpc) is 2.81. The maximum atomic E-state index is 12.9. The Labute approximate surface area is 201 Å². The summed E-state index contributed by atoms with van der Waals surface area (Å²) in [4.78, 5) is 26.7. The molecule has 0 fully saturated rings. The Kier molecular flexibility index (Phi) is 8.02. The number of nitrogens with one attached hydrogen (secondary N) is 2. The fraction of sp³-hybridized carbons (Fsp3) is 0.250. The SMILES string of the molecule is C=N/C(=C1/C(N)=NC=CN1CC(C)CNC)c1ccc(C(=O)Nc2cc(C(F)(F)F)ccn2)cc1. The monoisotopic (exact) mass is 485 g/mol. The van der Waals surface area contributed by atoms with Crippen LogP contribution in [0, 0.1) is 5.92 Å². The van der Waals surface area contributed by atoms with Crippen molar-refractivity contribution in [1.82, 2.24) is 15.2 Å². The Morgan fingerprint density at radius 1 is 1.23 bits per heavy atom. The number of anilines is 1. The molecule has 1 aromatic carbocycles. The van der Waals surface area contributed by atoms with E-state index in [0.29, 0.717) is 29.4 Å². The molecule has 1 aromatic heterocycles. The highest BCUT2D eigenvalue weighted by Crippen LogP contribution is 2.30. The van der Waals surface area contributed by atoms with Gasteiger partial charge in [0.1, 0.15) is 17.4 Å². The normalized spacial score (nSPS) is 15.9. The Bertz CT molecular complexity index is 1170. The Balaban J connectivity index is 1.85. The van der Waals surface area contributed by atoms with E-state index in [1.165, 1.54) is 12.1 Å². The van der Waals surface area contributed by atoms with E-state index >= 15 is 0 Å². The van der Waals surface area contributed by atoms with E-state index in [2.05, 4.69) is 39.2 Å². The van der Waals surface area contributed by atoms with E-state index < -0.39 is 17.6 Å². The summed E-state index contributed by atoms with van der Waals surface area (Å²) in [7, 11) is 1.88. The molecule has 35 heavy (non-hydrogen) atoms. The van der Waals surface area contributed by atoms with Crippen molar-refractivity contribution in [2.24, 2.45) is 21.6 Å². The summed E-state index contributed by atoms with van der Waals surface area (Å²) in [6.07, 6.45) is -0.124. The lowest BCUT2D eigenvalue weighted by Gasteiger charge is -2.29. The topological polar surface area (TPSA) is 108 Å². The zero-order valence-electron chi connectivity index (χ0n) is 19.3. The minimum Gasteiger partial charge on any atom is -0.382 e. The molecular formula is C24H26F3N7O. The number of amidine groups is 1. The number of amides is 1.